The van der Waals surface area contributed by atoms with E-state index in [1.807, 2.05) is 40.6 Å². The van der Waals surface area contributed by atoms with Crippen molar-refractivity contribution in [2.45, 2.75) is 0 Å². The molecule has 6 rings (SSSR count). The smallest absolute Gasteiger partial charge is 0.260 e. The molecule has 0 atom stereocenters. The van der Waals surface area contributed by atoms with Gasteiger partial charge in [-0.3, -0.25) is 18.9 Å². The Bertz CT molecular complexity index is 1570. The predicted molar refractivity (Wildman–Crippen MR) is 148 cm³/mol. The van der Waals surface area contributed by atoms with E-state index in [0.29, 0.717) is 56.4 Å². The highest BCUT2D eigenvalue weighted by molar-refractivity contribution is 7.24. The van der Waals surface area contributed by atoms with E-state index in [9.17, 15) is 9.59 Å². The van der Waals surface area contributed by atoms with Gasteiger partial charge in [0.25, 0.3) is 5.91 Å². The van der Waals surface area contributed by atoms with Gasteiger partial charge >= 0.3 is 0 Å². The van der Waals surface area contributed by atoms with Gasteiger partial charge in [-0.2, -0.15) is 0 Å². The summed E-state index contributed by atoms with van der Waals surface area (Å²) in [5.74, 6) is -0.597. The van der Waals surface area contributed by atoms with Crippen LogP contribution in [0.4, 0.5) is 10.2 Å². The number of piperazine rings is 2. The average molecular weight is 539 g/mol. The van der Waals surface area contributed by atoms with E-state index >= 15 is 4.39 Å². The molecule has 9 nitrogen and oxygen atoms in total. The van der Waals surface area contributed by atoms with Crippen LogP contribution < -0.4 is 10.3 Å². The van der Waals surface area contributed by atoms with Crippen LogP contribution in [-0.4, -0.2) is 110 Å². The van der Waals surface area contributed by atoms with Crippen molar-refractivity contribution in [2.24, 2.45) is 0 Å². The Morgan fingerprint density at radius 2 is 1.82 bits per heavy atom. The molecule has 1 aromatic carbocycles. The number of hydrogen-bond donors (Lipinski definition) is 0. The summed E-state index contributed by atoms with van der Waals surface area (Å²) < 4.78 is 23.5. The minimum atomic E-state index is -0.538. The second-order valence-corrected chi connectivity index (χ2v) is 11.0. The molecular weight excluding hydrogens is 507 g/mol. The molecule has 0 bridgehead atoms. The van der Waals surface area contributed by atoms with Gasteiger partial charge in [0.05, 0.1) is 22.2 Å². The monoisotopic (exact) mass is 538 g/mol. The lowest BCUT2D eigenvalue weighted by molar-refractivity contribution is 0.0595. The van der Waals surface area contributed by atoms with Crippen LogP contribution in [0.25, 0.3) is 26.1 Å². The molecule has 3 aromatic heterocycles. The Hall–Kier alpha value is -3.12. The minimum Gasteiger partial charge on any atom is -0.383 e. The van der Waals surface area contributed by atoms with Gasteiger partial charge in [0.2, 0.25) is 5.43 Å². The first-order chi connectivity index (χ1) is 18.5. The fourth-order valence-electron chi connectivity index (χ4n) is 5.38. The fourth-order valence-corrected chi connectivity index (χ4v) is 6.56. The fraction of sp³-hybridized carbons (Fsp3) is 0.444. The first-order valence-corrected chi connectivity index (χ1v) is 13.8. The highest BCUT2D eigenvalue weighted by Crippen LogP contribution is 2.32. The standard InChI is InChI=1S/C27H31FN6O3S/c1-30-7-11-32(12-8-30)25-19(28)17-18-23(35)22(26(36)33-13-9-31(10-14-33)15-16-37-2)27-34(24(18)29-25)20-5-3-4-6-21(20)38-27/h3-6,17H,7-16H2,1-2H3. The number of likely N-dealkylation sites (N-methyl/N-ethyl adjacent to an activating group) is 1. The third kappa shape index (κ3) is 4.33. The Balaban J connectivity index is 1.49. The second kappa shape index (κ2) is 10.2. The third-order valence-electron chi connectivity index (χ3n) is 7.64. The number of carbonyl (C=O) groups is 1. The van der Waals surface area contributed by atoms with Crippen LogP contribution in [0, 0.1) is 5.82 Å². The van der Waals surface area contributed by atoms with Crippen molar-refractivity contribution >= 4 is 49.1 Å². The summed E-state index contributed by atoms with van der Waals surface area (Å²) in [4.78, 5) is 41.1. The summed E-state index contributed by atoms with van der Waals surface area (Å²) in [5.41, 5.74) is 0.866. The second-order valence-electron chi connectivity index (χ2n) is 10.00. The lowest BCUT2D eigenvalue weighted by Crippen LogP contribution is -2.50. The molecule has 0 spiro atoms. The Morgan fingerprint density at radius 1 is 1.08 bits per heavy atom. The molecule has 0 saturated carbocycles. The van der Waals surface area contributed by atoms with Crippen LogP contribution >= 0.6 is 11.3 Å². The summed E-state index contributed by atoms with van der Waals surface area (Å²) >= 11 is 1.40. The molecule has 5 heterocycles. The van der Waals surface area contributed by atoms with E-state index < -0.39 is 11.2 Å². The number of methoxy groups -OCH3 is 1. The van der Waals surface area contributed by atoms with Gasteiger partial charge in [-0.15, -0.1) is 11.3 Å². The molecule has 200 valence electrons. The number of aromatic nitrogens is 2. The van der Waals surface area contributed by atoms with Gasteiger partial charge in [0, 0.05) is 66.0 Å². The van der Waals surface area contributed by atoms with Crippen molar-refractivity contribution in [3.8, 4) is 0 Å². The van der Waals surface area contributed by atoms with Gasteiger partial charge in [-0.1, -0.05) is 12.1 Å². The first-order valence-electron chi connectivity index (χ1n) is 13.0. The van der Waals surface area contributed by atoms with Crippen LogP contribution in [0.5, 0.6) is 0 Å². The van der Waals surface area contributed by atoms with Crippen molar-refractivity contribution in [2.75, 3.05) is 84.6 Å². The number of nitrogens with zero attached hydrogens (tertiary/aromatic N) is 6. The molecule has 2 fully saturated rings. The lowest BCUT2D eigenvalue weighted by Gasteiger charge is -2.34. The highest BCUT2D eigenvalue weighted by Gasteiger charge is 2.30. The molecule has 0 radical (unpaired) electrons. The van der Waals surface area contributed by atoms with Gasteiger partial charge in [0.1, 0.15) is 10.4 Å². The summed E-state index contributed by atoms with van der Waals surface area (Å²) in [7, 11) is 3.72. The number of amides is 1. The highest BCUT2D eigenvalue weighted by atomic mass is 32.1. The maximum atomic E-state index is 15.5. The number of fused-ring (bicyclic) bond motifs is 5. The summed E-state index contributed by atoms with van der Waals surface area (Å²) in [5, 5.41) is 0.128. The third-order valence-corrected chi connectivity index (χ3v) is 8.78. The van der Waals surface area contributed by atoms with Crippen LogP contribution in [0.15, 0.2) is 35.1 Å². The van der Waals surface area contributed by atoms with Crippen molar-refractivity contribution in [3.63, 3.8) is 0 Å². The number of anilines is 1. The van der Waals surface area contributed by atoms with Crippen LogP contribution in [-0.2, 0) is 4.74 Å². The number of hydrogen-bond acceptors (Lipinski definition) is 8. The zero-order valence-corrected chi connectivity index (χ0v) is 22.5. The number of halogens is 1. The SMILES string of the molecule is COCCN1CCN(C(=O)c2c(=O)c3cc(F)c(N4CCN(C)CC4)nc3n3c2sc2ccccc23)CC1. The quantitative estimate of drug-likeness (QED) is 0.386. The van der Waals surface area contributed by atoms with E-state index in [4.69, 9.17) is 9.72 Å². The molecular formula is C27H31FN6O3S. The minimum absolute atomic E-state index is 0.0950. The van der Waals surface area contributed by atoms with Gasteiger partial charge in [-0.05, 0) is 25.2 Å². The summed E-state index contributed by atoms with van der Waals surface area (Å²) in [6.07, 6.45) is 0. The number of thiazole rings is 1. The molecule has 0 unspecified atom stereocenters. The van der Waals surface area contributed by atoms with Gasteiger partial charge < -0.3 is 19.4 Å². The zero-order chi connectivity index (χ0) is 26.4. The van der Waals surface area contributed by atoms with E-state index in [1.54, 1.807) is 12.0 Å². The van der Waals surface area contributed by atoms with Crippen molar-refractivity contribution in [3.05, 3.63) is 51.9 Å². The van der Waals surface area contributed by atoms with Crippen LogP contribution in [0.3, 0.4) is 0 Å². The zero-order valence-electron chi connectivity index (χ0n) is 21.7. The molecule has 2 aliphatic heterocycles. The largest absolute Gasteiger partial charge is 0.383 e. The van der Waals surface area contributed by atoms with Crippen molar-refractivity contribution < 1.29 is 13.9 Å². The first kappa shape index (κ1) is 25.2. The van der Waals surface area contributed by atoms with E-state index in [2.05, 4.69) is 9.80 Å². The van der Waals surface area contributed by atoms with Crippen LogP contribution in [0.1, 0.15) is 10.4 Å². The maximum absolute atomic E-state index is 15.5. The lowest BCUT2D eigenvalue weighted by atomic mass is 10.1. The Labute approximate surface area is 223 Å². The maximum Gasteiger partial charge on any atom is 0.260 e. The topological polar surface area (TPSA) is 73.6 Å². The summed E-state index contributed by atoms with van der Waals surface area (Å²) in [6, 6.07) is 9.05. The van der Waals surface area contributed by atoms with Gasteiger partial charge in [0.15, 0.2) is 17.3 Å². The van der Waals surface area contributed by atoms with E-state index in [-0.39, 0.29) is 22.7 Å². The molecule has 2 saturated heterocycles. The number of ether oxygens (including phenoxy) is 1. The van der Waals surface area contributed by atoms with E-state index in [1.165, 1.54) is 17.4 Å². The van der Waals surface area contributed by atoms with Gasteiger partial charge in [-0.25, -0.2) is 9.37 Å². The molecule has 4 aromatic rings. The number of rotatable bonds is 5. The Kier molecular flexibility index (Phi) is 6.77. The normalized spacial score (nSPS) is 17.8. The number of pyridine rings is 2. The van der Waals surface area contributed by atoms with Crippen molar-refractivity contribution in [1.29, 1.82) is 0 Å². The van der Waals surface area contributed by atoms with Crippen LogP contribution in [0.2, 0.25) is 0 Å². The molecule has 0 N–H and O–H groups in total. The molecule has 1 amide bonds. The molecule has 2 aliphatic rings. The van der Waals surface area contributed by atoms with Crippen molar-refractivity contribution in [1.82, 2.24) is 24.1 Å². The number of para-hydroxylation sites is 1. The predicted octanol–water partition coefficient (Wildman–Crippen LogP) is 2.36. The summed E-state index contributed by atoms with van der Waals surface area (Å²) in [6.45, 7) is 6.83. The van der Waals surface area contributed by atoms with E-state index in [0.717, 1.165) is 29.9 Å². The molecule has 38 heavy (non-hydrogen) atoms. The molecule has 0 aliphatic carbocycles. The molecule has 11 heteroatoms. The number of carbonyl (C=O) groups excluding carboxylic acids is 1. The number of benzene rings is 1. The Morgan fingerprint density at radius 3 is 2.55 bits per heavy atom. The average Bonchev–Trinajstić information content (AvgIpc) is 3.32.